The lowest BCUT2D eigenvalue weighted by Crippen LogP contribution is -2.50. The standard InChI is InChI=1S/C14H24N2S/c1-9-7-6-8-14(15-5,10(9)2)13-16-11(3)12(4)17-13/h9-10,15H,6-8H2,1-5H3. The summed E-state index contributed by atoms with van der Waals surface area (Å²) in [5.41, 5.74) is 1.31. The van der Waals surface area contributed by atoms with Crippen molar-refractivity contribution in [2.24, 2.45) is 11.8 Å². The van der Waals surface area contributed by atoms with Gasteiger partial charge in [-0.15, -0.1) is 11.3 Å². The second-order valence-electron chi connectivity index (χ2n) is 5.54. The van der Waals surface area contributed by atoms with Crippen LogP contribution in [0.5, 0.6) is 0 Å². The van der Waals surface area contributed by atoms with E-state index in [1.807, 2.05) is 11.3 Å². The van der Waals surface area contributed by atoms with Gasteiger partial charge in [0.05, 0.1) is 11.2 Å². The Labute approximate surface area is 109 Å². The van der Waals surface area contributed by atoms with Crippen LogP contribution in [-0.4, -0.2) is 12.0 Å². The summed E-state index contributed by atoms with van der Waals surface area (Å²) in [7, 11) is 2.10. The molecule has 2 nitrogen and oxygen atoms in total. The third kappa shape index (κ3) is 2.04. The average Bonchev–Trinajstić information content (AvgIpc) is 2.64. The Morgan fingerprint density at radius 3 is 2.59 bits per heavy atom. The summed E-state index contributed by atoms with van der Waals surface area (Å²) in [6.07, 6.45) is 3.89. The molecule has 0 spiro atoms. The highest BCUT2D eigenvalue weighted by Crippen LogP contribution is 2.45. The summed E-state index contributed by atoms with van der Waals surface area (Å²) in [5.74, 6) is 1.44. The maximum atomic E-state index is 4.82. The molecule has 1 aromatic heterocycles. The molecule has 1 aromatic rings. The Bertz CT molecular complexity index is 379. The zero-order valence-corrected chi connectivity index (χ0v) is 12.4. The highest BCUT2D eigenvalue weighted by Gasteiger charge is 2.43. The van der Waals surface area contributed by atoms with Gasteiger partial charge in [-0.3, -0.25) is 0 Å². The molecule has 1 N–H and O–H groups in total. The van der Waals surface area contributed by atoms with E-state index in [4.69, 9.17) is 4.98 Å². The number of rotatable bonds is 2. The Morgan fingerprint density at radius 1 is 1.35 bits per heavy atom. The van der Waals surface area contributed by atoms with Crippen molar-refractivity contribution in [3.05, 3.63) is 15.6 Å². The van der Waals surface area contributed by atoms with Crippen molar-refractivity contribution in [3.63, 3.8) is 0 Å². The maximum Gasteiger partial charge on any atom is 0.114 e. The van der Waals surface area contributed by atoms with E-state index in [0.29, 0.717) is 5.92 Å². The summed E-state index contributed by atoms with van der Waals surface area (Å²) in [5, 5.41) is 4.90. The fourth-order valence-corrected chi connectivity index (χ4v) is 4.33. The molecule has 0 aliphatic heterocycles. The SMILES string of the molecule is CNC1(c2nc(C)c(C)s2)CCCC(C)C1C. The van der Waals surface area contributed by atoms with Gasteiger partial charge in [0, 0.05) is 4.88 Å². The molecule has 1 heterocycles. The zero-order chi connectivity index (χ0) is 12.6. The van der Waals surface area contributed by atoms with Crippen LogP contribution in [0.3, 0.4) is 0 Å². The first-order chi connectivity index (χ1) is 8.01. The Kier molecular flexibility index (Phi) is 3.60. The van der Waals surface area contributed by atoms with E-state index in [1.165, 1.54) is 34.8 Å². The molecule has 96 valence electrons. The van der Waals surface area contributed by atoms with Gasteiger partial charge in [-0.25, -0.2) is 4.98 Å². The van der Waals surface area contributed by atoms with Gasteiger partial charge in [-0.1, -0.05) is 26.7 Å². The molecular weight excluding hydrogens is 228 g/mol. The lowest BCUT2D eigenvalue weighted by Gasteiger charge is -2.44. The van der Waals surface area contributed by atoms with Crippen LogP contribution >= 0.6 is 11.3 Å². The van der Waals surface area contributed by atoms with Gasteiger partial charge >= 0.3 is 0 Å². The number of thiazole rings is 1. The van der Waals surface area contributed by atoms with Crippen molar-refractivity contribution in [1.29, 1.82) is 0 Å². The Morgan fingerprint density at radius 2 is 2.06 bits per heavy atom. The van der Waals surface area contributed by atoms with E-state index >= 15 is 0 Å². The quantitative estimate of drug-likeness (QED) is 0.869. The molecule has 0 saturated heterocycles. The third-order valence-corrected chi connectivity index (χ3v) is 5.97. The van der Waals surface area contributed by atoms with E-state index in [2.05, 4.69) is 40.1 Å². The van der Waals surface area contributed by atoms with Crippen LogP contribution in [0.2, 0.25) is 0 Å². The largest absolute Gasteiger partial charge is 0.308 e. The van der Waals surface area contributed by atoms with Crippen molar-refractivity contribution in [2.75, 3.05) is 7.05 Å². The van der Waals surface area contributed by atoms with Crippen LogP contribution in [0, 0.1) is 25.7 Å². The second-order valence-corrected chi connectivity index (χ2v) is 6.74. The molecule has 2 rings (SSSR count). The van der Waals surface area contributed by atoms with Gasteiger partial charge < -0.3 is 5.32 Å². The maximum absolute atomic E-state index is 4.82. The molecule has 0 aromatic carbocycles. The van der Waals surface area contributed by atoms with Crippen LogP contribution in [0.4, 0.5) is 0 Å². The van der Waals surface area contributed by atoms with Crippen LogP contribution in [0.25, 0.3) is 0 Å². The Balaban J connectivity index is 2.42. The van der Waals surface area contributed by atoms with E-state index in [0.717, 1.165) is 5.92 Å². The molecule has 3 atom stereocenters. The fraction of sp³-hybridized carbons (Fsp3) is 0.786. The molecule has 0 amide bonds. The fourth-order valence-electron chi connectivity index (χ4n) is 3.09. The minimum atomic E-state index is 0.112. The summed E-state index contributed by atoms with van der Waals surface area (Å²) in [4.78, 5) is 6.18. The first kappa shape index (κ1) is 13.0. The monoisotopic (exact) mass is 252 g/mol. The zero-order valence-electron chi connectivity index (χ0n) is 11.6. The van der Waals surface area contributed by atoms with E-state index in [-0.39, 0.29) is 5.54 Å². The minimum Gasteiger partial charge on any atom is -0.308 e. The average molecular weight is 252 g/mol. The normalized spacial score (nSPS) is 33.9. The van der Waals surface area contributed by atoms with E-state index < -0.39 is 0 Å². The molecule has 1 aliphatic carbocycles. The van der Waals surface area contributed by atoms with Crippen LogP contribution in [0.15, 0.2) is 0 Å². The summed E-state index contributed by atoms with van der Waals surface area (Å²) >= 11 is 1.88. The smallest absolute Gasteiger partial charge is 0.114 e. The molecular formula is C14H24N2S. The number of aryl methyl sites for hydroxylation is 2. The molecule has 17 heavy (non-hydrogen) atoms. The lowest BCUT2D eigenvalue weighted by atomic mass is 9.68. The van der Waals surface area contributed by atoms with Crippen molar-refractivity contribution < 1.29 is 0 Å². The van der Waals surface area contributed by atoms with Crippen LogP contribution < -0.4 is 5.32 Å². The predicted molar refractivity (Wildman–Crippen MR) is 74.5 cm³/mol. The van der Waals surface area contributed by atoms with Gasteiger partial charge in [0.2, 0.25) is 0 Å². The highest BCUT2D eigenvalue weighted by atomic mass is 32.1. The summed E-state index contributed by atoms with van der Waals surface area (Å²) in [6, 6.07) is 0. The number of hydrogen-bond acceptors (Lipinski definition) is 3. The minimum absolute atomic E-state index is 0.112. The van der Waals surface area contributed by atoms with Crippen molar-refractivity contribution >= 4 is 11.3 Å². The van der Waals surface area contributed by atoms with Gasteiger partial charge in [0.25, 0.3) is 0 Å². The van der Waals surface area contributed by atoms with Crippen molar-refractivity contribution in [1.82, 2.24) is 10.3 Å². The second kappa shape index (κ2) is 4.69. The van der Waals surface area contributed by atoms with Gasteiger partial charge in [0.1, 0.15) is 5.01 Å². The molecule has 3 heteroatoms. The molecule has 3 unspecified atom stereocenters. The molecule has 1 saturated carbocycles. The van der Waals surface area contributed by atoms with Crippen molar-refractivity contribution in [3.8, 4) is 0 Å². The van der Waals surface area contributed by atoms with E-state index in [1.54, 1.807) is 0 Å². The molecule has 0 bridgehead atoms. The first-order valence-corrected chi connectivity index (χ1v) is 7.46. The van der Waals surface area contributed by atoms with Crippen molar-refractivity contribution in [2.45, 2.75) is 52.5 Å². The number of nitrogens with one attached hydrogen (secondary N) is 1. The topological polar surface area (TPSA) is 24.9 Å². The highest BCUT2D eigenvalue weighted by molar-refractivity contribution is 7.11. The lowest BCUT2D eigenvalue weighted by molar-refractivity contribution is 0.111. The van der Waals surface area contributed by atoms with Gasteiger partial charge in [-0.2, -0.15) is 0 Å². The van der Waals surface area contributed by atoms with Gasteiger partial charge in [-0.05, 0) is 39.2 Å². The van der Waals surface area contributed by atoms with Crippen LogP contribution in [0.1, 0.15) is 48.7 Å². The molecule has 1 fully saturated rings. The van der Waals surface area contributed by atoms with Crippen LogP contribution in [-0.2, 0) is 5.54 Å². The van der Waals surface area contributed by atoms with Gasteiger partial charge in [0.15, 0.2) is 0 Å². The third-order valence-electron chi connectivity index (χ3n) is 4.72. The van der Waals surface area contributed by atoms with E-state index in [9.17, 15) is 0 Å². The predicted octanol–water partition coefficient (Wildman–Crippen LogP) is 3.63. The molecule has 1 aliphatic rings. The Hall–Kier alpha value is -0.410. The number of nitrogens with zero attached hydrogens (tertiary/aromatic N) is 1. The molecule has 0 radical (unpaired) electrons. The summed E-state index contributed by atoms with van der Waals surface area (Å²) < 4.78 is 0. The number of hydrogen-bond donors (Lipinski definition) is 1. The number of aromatic nitrogens is 1. The summed E-state index contributed by atoms with van der Waals surface area (Å²) in [6.45, 7) is 9.06. The first-order valence-electron chi connectivity index (χ1n) is 6.64.